The van der Waals surface area contributed by atoms with Crippen LogP contribution < -0.4 is 0 Å². The molecule has 1 atom stereocenters. The molecular weight excluding hydrogens is 264 g/mol. The fourth-order valence-electron chi connectivity index (χ4n) is 2.03. The zero-order valence-corrected chi connectivity index (χ0v) is 12.1. The lowest BCUT2D eigenvalue weighted by molar-refractivity contribution is -0.139. The van der Waals surface area contributed by atoms with Crippen molar-refractivity contribution in [3.05, 3.63) is 34.9 Å². The monoisotopic (exact) mass is 283 g/mol. The minimum atomic E-state index is -0.909. The average Bonchev–Trinajstić information content (AvgIpc) is 2.30. The Balaban J connectivity index is 2.95. The van der Waals surface area contributed by atoms with Gasteiger partial charge in [0, 0.05) is 11.6 Å². The standard InChI is InChI=1S/C13H19BClNO3/c1-9(2)16(14(3)19)8-12(13(17)18)10-4-6-11(15)7-5-10/h4-7,9,12,19H,8H2,1-3H3,(H,17,18)/t12-/m1/s1. The molecule has 0 aromatic heterocycles. The Morgan fingerprint density at radius 2 is 1.89 bits per heavy atom. The molecule has 0 unspecified atom stereocenters. The molecule has 4 nitrogen and oxygen atoms in total. The summed E-state index contributed by atoms with van der Waals surface area (Å²) in [4.78, 5) is 13.2. The Labute approximate surface area is 119 Å². The first-order valence-corrected chi connectivity index (χ1v) is 6.62. The van der Waals surface area contributed by atoms with Gasteiger partial charge in [-0.05, 0) is 30.6 Å². The van der Waals surface area contributed by atoms with Crippen LogP contribution in [0.15, 0.2) is 24.3 Å². The second-order valence-electron chi connectivity index (χ2n) is 4.86. The SMILES string of the molecule is CB(O)N(C[C@@H](C(=O)O)c1ccc(Cl)cc1)C(C)C. The van der Waals surface area contributed by atoms with Gasteiger partial charge in [0.05, 0.1) is 5.92 Å². The molecule has 6 heteroatoms. The zero-order valence-electron chi connectivity index (χ0n) is 11.4. The molecule has 1 aromatic carbocycles. The maximum Gasteiger partial charge on any atom is 0.376 e. The van der Waals surface area contributed by atoms with Crippen LogP contribution in [0.4, 0.5) is 0 Å². The summed E-state index contributed by atoms with van der Waals surface area (Å²) in [5.74, 6) is -1.59. The minimum absolute atomic E-state index is 0.0640. The Morgan fingerprint density at radius 3 is 2.26 bits per heavy atom. The summed E-state index contributed by atoms with van der Waals surface area (Å²) in [5.41, 5.74) is 0.684. The normalized spacial score (nSPS) is 12.8. The average molecular weight is 284 g/mol. The van der Waals surface area contributed by atoms with Crippen LogP contribution in [0, 0.1) is 0 Å². The number of halogens is 1. The van der Waals surface area contributed by atoms with Crippen molar-refractivity contribution >= 4 is 24.6 Å². The first-order chi connectivity index (χ1) is 8.82. The predicted molar refractivity (Wildman–Crippen MR) is 77.5 cm³/mol. The van der Waals surface area contributed by atoms with Crippen molar-refractivity contribution in [2.24, 2.45) is 0 Å². The number of carboxylic acid groups (broad SMARTS) is 1. The Hall–Kier alpha value is -1.04. The molecule has 0 spiro atoms. The summed E-state index contributed by atoms with van der Waals surface area (Å²) in [6.45, 7) is 5.74. The molecule has 0 radical (unpaired) electrons. The van der Waals surface area contributed by atoms with Crippen LogP contribution in [0.5, 0.6) is 0 Å². The summed E-state index contributed by atoms with van der Waals surface area (Å²) >= 11 is 5.80. The van der Waals surface area contributed by atoms with E-state index < -0.39 is 18.9 Å². The van der Waals surface area contributed by atoms with Crippen LogP contribution in [-0.2, 0) is 4.79 Å². The van der Waals surface area contributed by atoms with Gasteiger partial charge in [0.1, 0.15) is 0 Å². The highest BCUT2D eigenvalue weighted by atomic mass is 35.5. The Bertz CT molecular complexity index is 414. The molecule has 2 N–H and O–H groups in total. The van der Waals surface area contributed by atoms with Crippen LogP contribution in [0.3, 0.4) is 0 Å². The first kappa shape index (κ1) is 16.0. The number of nitrogens with zero attached hydrogens (tertiary/aromatic N) is 1. The Morgan fingerprint density at radius 1 is 1.37 bits per heavy atom. The van der Waals surface area contributed by atoms with Gasteiger partial charge in [-0.25, -0.2) is 0 Å². The fraction of sp³-hybridized carbons (Fsp3) is 0.462. The van der Waals surface area contributed by atoms with E-state index >= 15 is 0 Å². The lowest BCUT2D eigenvalue weighted by atomic mass is 9.81. The highest BCUT2D eigenvalue weighted by Gasteiger charge is 2.28. The number of rotatable bonds is 6. The van der Waals surface area contributed by atoms with Crippen LogP contribution in [0.1, 0.15) is 25.3 Å². The number of hydrogen-bond donors (Lipinski definition) is 2. The molecule has 19 heavy (non-hydrogen) atoms. The number of benzene rings is 1. The van der Waals surface area contributed by atoms with E-state index in [1.165, 1.54) is 0 Å². The van der Waals surface area contributed by atoms with Gasteiger partial charge in [-0.2, -0.15) is 0 Å². The molecule has 0 amide bonds. The van der Waals surface area contributed by atoms with Crippen molar-refractivity contribution in [3.8, 4) is 0 Å². The molecule has 0 fully saturated rings. The largest absolute Gasteiger partial charge is 0.481 e. The van der Waals surface area contributed by atoms with E-state index in [4.69, 9.17) is 11.6 Å². The maximum atomic E-state index is 11.4. The van der Waals surface area contributed by atoms with Crippen molar-refractivity contribution in [2.45, 2.75) is 32.6 Å². The van der Waals surface area contributed by atoms with Gasteiger partial charge in [0.25, 0.3) is 0 Å². The van der Waals surface area contributed by atoms with Gasteiger partial charge in [-0.15, -0.1) is 0 Å². The fourth-order valence-corrected chi connectivity index (χ4v) is 2.15. The highest BCUT2D eigenvalue weighted by Crippen LogP contribution is 2.21. The first-order valence-electron chi connectivity index (χ1n) is 6.25. The van der Waals surface area contributed by atoms with Gasteiger partial charge in [0.2, 0.25) is 0 Å². The summed E-state index contributed by atoms with van der Waals surface area (Å²) in [7, 11) is -0.686. The maximum absolute atomic E-state index is 11.4. The molecule has 0 saturated heterocycles. The van der Waals surface area contributed by atoms with E-state index in [1.54, 1.807) is 35.9 Å². The molecule has 0 aliphatic carbocycles. The third-order valence-electron chi connectivity index (χ3n) is 3.11. The topological polar surface area (TPSA) is 60.8 Å². The zero-order chi connectivity index (χ0) is 14.6. The second kappa shape index (κ2) is 6.94. The molecule has 1 aromatic rings. The number of carbonyl (C=O) groups is 1. The van der Waals surface area contributed by atoms with Crippen molar-refractivity contribution in [3.63, 3.8) is 0 Å². The Kier molecular flexibility index (Phi) is 5.85. The highest BCUT2D eigenvalue weighted by molar-refractivity contribution is 6.45. The minimum Gasteiger partial charge on any atom is -0.481 e. The van der Waals surface area contributed by atoms with Gasteiger partial charge in [-0.1, -0.05) is 37.6 Å². The molecule has 0 saturated carbocycles. The van der Waals surface area contributed by atoms with Crippen LogP contribution in [0.2, 0.25) is 11.8 Å². The quantitative estimate of drug-likeness (QED) is 0.787. The summed E-state index contributed by atoms with van der Waals surface area (Å²) in [6, 6.07) is 6.84. The predicted octanol–water partition coefficient (Wildman–Crippen LogP) is 2.33. The number of carboxylic acids is 1. The van der Waals surface area contributed by atoms with E-state index in [0.29, 0.717) is 10.6 Å². The van der Waals surface area contributed by atoms with Crippen molar-refractivity contribution in [1.82, 2.24) is 4.81 Å². The van der Waals surface area contributed by atoms with Crippen molar-refractivity contribution in [1.29, 1.82) is 0 Å². The molecule has 0 aliphatic heterocycles. The van der Waals surface area contributed by atoms with Crippen LogP contribution in [-0.4, -0.2) is 40.5 Å². The van der Waals surface area contributed by atoms with E-state index in [0.717, 1.165) is 0 Å². The smallest absolute Gasteiger partial charge is 0.376 e. The lowest BCUT2D eigenvalue weighted by Gasteiger charge is -2.30. The molecule has 0 bridgehead atoms. The van der Waals surface area contributed by atoms with Gasteiger partial charge in [-0.3, -0.25) is 4.79 Å². The third-order valence-corrected chi connectivity index (χ3v) is 3.36. The second-order valence-corrected chi connectivity index (χ2v) is 5.30. The van der Waals surface area contributed by atoms with E-state index in [-0.39, 0.29) is 12.6 Å². The summed E-state index contributed by atoms with van der Waals surface area (Å²) < 4.78 is 0. The number of aliphatic carboxylic acids is 1. The van der Waals surface area contributed by atoms with Gasteiger partial charge in [0.15, 0.2) is 0 Å². The van der Waals surface area contributed by atoms with E-state index in [1.807, 2.05) is 13.8 Å². The molecular formula is C13H19BClNO3. The van der Waals surface area contributed by atoms with E-state index in [2.05, 4.69) is 0 Å². The van der Waals surface area contributed by atoms with Crippen LogP contribution in [0.25, 0.3) is 0 Å². The van der Waals surface area contributed by atoms with Gasteiger partial charge >= 0.3 is 13.0 Å². The van der Waals surface area contributed by atoms with Crippen molar-refractivity contribution < 1.29 is 14.9 Å². The molecule has 0 aliphatic rings. The summed E-state index contributed by atoms with van der Waals surface area (Å²) in [5, 5.41) is 19.7. The van der Waals surface area contributed by atoms with Crippen LogP contribution >= 0.6 is 11.6 Å². The lowest BCUT2D eigenvalue weighted by Crippen LogP contribution is -2.45. The number of hydrogen-bond acceptors (Lipinski definition) is 3. The van der Waals surface area contributed by atoms with Gasteiger partial charge < -0.3 is 14.9 Å². The van der Waals surface area contributed by atoms with Crippen molar-refractivity contribution in [2.75, 3.05) is 6.54 Å². The van der Waals surface area contributed by atoms with E-state index in [9.17, 15) is 14.9 Å². The molecule has 1 rings (SSSR count). The summed E-state index contributed by atoms with van der Waals surface area (Å²) in [6.07, 6.45) is 0. The molecule has 104 valence electrons. The molecule has 0 heterocycles. The third kappa shape index (κ3) is 4.53.